The first kappa shape index (κ1) is 15.3. The highest BCUT2D eigenvalue weighted by Gasteiger charge is 2.18. The van der Waals surface area contributed by atoms with E-state index >= 15 is 0 Å². The molecule has 4 heteroatoms. The SMILES string of the molecule is [B][C@@H](CC)C(=O)NC(CCCC)[C@H](C)I. The molecular weight excluding hydrogens is 300 g/mol. The standard InChI is InChI=1S/C11H21BINO/c1-4-6-7-10(8(3)13)14-11(15)9(12)5-2/h8-10H,4-7H2,1-3H3,(H,14,15)/t8-,9-,10?/m0/s1. The third kappa shape index (κ3) is 6.43. The second kappa shape index (κ2) is 8.42. The summed E-state index contributed by atoms with van der Waals surface area (Å²) in [5, 5.41) is 3.03. The van der Waals surface area contributed by atoms with Gasteiger partial charge in [-0.1, -0.05) is 62.6 Å². The Morgan fingerprint density at radius 1 is 1.47 bits per heavy atom. The minimum Gasteiger partial charge on any atom is -0.353 e. The fourth-order valence-electron chi connectivity index (χ4n) is 1.32. The molecule has 0 bridgehead atoms. The predicted molar refractivity (Wildman–Crippen MR) is 74.7 cm³/mol. The summed E-state index contributed by atoms with van der Waals surface area (Å²) in [5.74, 6) is -0.369. The molecule has 1 unspecified atom stereocenters. The first-order valence-corrected chi connectivity index (χ1v) is 6.97. The highest BCUT2D eigenvalue weighted by atomic mass is 127. The Morgan fingerprint density at radius 3 is 2.47 bits per heavy atom. The van der Waals surface area contributed by atoms with Gasteiger partial charge in [-0.3, -0.25) is 4.79 Å². The summed E-state index contributed by atoms with van der Waals surface area (Å²) in [7, 11) is 5.68. The highest BCUT2D eigenvalue weighted by molar-refractivity contribution is 14.1. The highest BCUT2D eigenvalue weighted by Crippen LogP contribution is 2.14. The van der Waals surface area contributed by atoms with Gasteiger partial charge in [-0.05, 0) is 12.2 Å². The van der Waals surface area contributed by atoms with Crippen LogP contribution in [0.1, 0.15) is 46.5 Å². The molecule has 86 valence electrons. The zero-order chi connectivity index (χ0) is 11.8. The fourth-order valence-corrected chi connectivity index (χ4v) is 1.86. The van der Waals surface area contributed by atoms with Gasteiger partial charge in [-0.15, -0.1) is 0 Å². The number of unbranched alkanes of at least 4 members (excludes halogenated alkanes) is 1. The number of hydrogen-bond donors (Lipinski definition) is 1. The van der Waals surface area contributed by atoms with Gasteiger partial charge in [-0.2, -0.15) is 0 Å². The molecule has 0 aromatic heterocycles. The molecule has 1 amide bonds. The van der Waals surface area contributed by atoms with E-state index in [9.17, 15) is 4.79 Å². The quantitative estimate of drug-likeness (QED) is 0.436. The van der Waals surface area contributed by atoms with Crippen LogP contribution < -0.4 is 5.32 Å². The Kier molecular flexibility index (Phi) is 8.57. The summed E-state index contributed by atoms with van der Waals surface area (Å²) in [6.07, 6.45) is 4.06. The first-order chi connectivity index (χ1) is 7.02. The van der Waals surface area contributed by atoms with Crippen molar-refractivity contribution < 1.29 is 4.79 Å². The molecule has 0 fully saturated rings. The van der Waals surface area contributed by atoms with Crippen LogP contribution in [0.2, 0.25) is 5.82 Å². The number of hydrogen-bond acceptors (Lipinski definition) is 1. The average molecular weight is 321 g/mol. The van der Waals surface area contributed by atoms with Crippen LogP contribution in [0, 0.1) is 0 Å². The maximum absolute atomic E-state index is 11.6. The van der Waals surface area contributed by atoms with Crippen molar-refractivity contribution in [2.24, 2.45) is 0 Å². The zero-order valence-electron chi connectivity index (χ0n) is 9.92. The van der Waals surface area contributed by atoms with Crippen molar-refractivity contribution in [1.29, 1.82) is 0 Å². The molecule has 0 aliphatic carbocycles. The van der Waals surface area contributed by atoms with Crippen LogP contribution in [-0.4, -0.2) is 23.7 Å². The second-order valence-electron chi connectivity index (χ2n) is 3.95. The monoisotopic (exact) mass is 321 g/mol. The van der Waals surface area contributed by atoms with E-state index in [0.717, 1.165) is 19.3 Å². The van der Waals surface area contributed by atoms with Crippen LogP contribution in [-0.2, 0) is 4.79 Å². The maximum Gasteiger partial charge on any atom is 0.214 e. The molecule has 0 saturated heterocycles. The van der Waals surface area contributed by atoms with Crippen LogP contribution >= 0.6 is 22.6 Å². The van der Waals surface area contributed by atoms with E-state index in [0.29, 0.717) is 10.3 Å². The molecule has 1 N–H and O–H groups in total. The van der Waals surface area contributed by atoms with E-state index in [2.05, 4.69) is 41.8 Å². The van der Waals surface area contributed by atoms with Crippen molar-refractivity contribution in [3.8, 4) is 0 Å². The number of carbonyl (C=O) groups excluding carboxylic acids is 1. The Hall–Kier alpha value is 0.265. The van der Waals surface area contributed by atoms with Crippen LogP contribution in [0.15, 0.2) is 0 Å². The lowest BCUT2D eigenvalue weighted by atomic mass is 9.84. The van der Waals surface area contributed by atoms with E-state index < -0.39 is 0 Å². The van der Waals surface area contributed by atoms with E-state index in [4.69, 9.17) is 7.85 Å². The van der Waals surface area contributed by atoms with Gasteiger partial charge >= 0.3 is 0 Å². The van der Waals surface area contributed by atoms with Crippen LogP contribution in [0.25, 0.3) is 0 Å². The maximum atomic E-state index is 11.6. The fraction of sp³-hybridized carbons (Fsp3) is 0.909. The third-order valence-corrected chi connectivity index (χ3v) is 3.40. The lowest BCUT2D eigenvalue weighted by Crippen LogP contribution is -2.41. The van der Waals surface area contributed by atoms with Gasteiger partial charge in [0, 0.05) is 9.97 Å². The number of nitrogens with one attached hydrogen (secondary N) is 1. The lowest BCUT2D eigenvalue weighted by Gasteiger charge is -2.23. The summed E-state index contributed by atoms with van der Waals surface area (Å²) in [6.45, 7) is 6.21. The smallest absolute Gasteiger partial charge is 0.214 e. The van der Waals surface area contributed by atoms with E-state index in [-0.39, 0.29) is 17.8 Å². The average Bonchev–Trinajstić information content (AvgIpc) is 2.22. The first-order valence-electron chi connectivity index (χ1n) is 5.72. The minimum absolute atomic E-state index is 0.0119. The summed E-state index contributed by atoms with van der Waals surface area (Å²) in [5.41, 5.74) is 0. The minimum atomic E-state index is -0.357. The molecule has 0 aromatic carbocycles. The van der Waals surface area contributed by atoms with E-state index in [1.54, 1.807) is 0 Å². The summed E-state index contributed by atoms with van der Waals surface area (Å²) in [4.78, 5) is 11.6. The Balaban J connectivity index is 4.09. The molecule has 0 heterocycles. The molecule has 0 aliphatic heterocycles. The third-order valence-electron chi connectivity index (χ3n) is 2.53. The van der Waals surface area contributed by atoms with Crippen molar-refractivity contribution in [2.45, 2.75) is 62.2 Å². The summed E-state index contributed by atoms with van der Waals surface area (Å²) in [6, 6.07) is 0.260. The lowest BCUT2D eigenvalue weighted by molar-refractivity contribution is -0.121. The molecular formula is C11H21BINO. The molecule has 2 radical (unpaired) electrons. The Bertz CT molecular complexity index is 187. The molecule has 0 aromatic rings. The van der Waals surface area contributed by atoms with Crippen LogP contribution in [0.5, 0.6) is 0 Å². The topological polar surface area (TPSA) is 29.1 Å². The molecule has 0 spiro atoms. The van der Waals surface area contributed by atoms with Gasteiger partial charge in [0.2, 0.25) is 5.91 Å². The van der Waals surface area contributed by atoms with Crippen molar-refractivity contribution >= 4 is 36.3 Å². The van der Waals surface area contributed by atoms with E-state index in [1.165, 1.54) is 0 Å². The Labute approximate surface area is 109 Å². The normalized spacial score (nSPS) is 16.8. The van der Waals surface area contributed by atoms with Crippen LogP contribution in [0.4, 0.5) is 0 Å². The van der Waals surface area contributed by atoms with Gasteiger partial charge in [0.1, 0.15) is 0 Å². The molecule has 2 nitrogen and oxygen atoms in total. The number of rotatable bonds is 7. The van der Waals surface area contributed by atoms with Crippen molar-refractivity contribution in [3.05, 3.63) is 0 Å². The van der Waals surface area contributed by atoms with Crippen molar-refractivity contribution in [3.63, 3.8) is 0 Å². The number of alkyl halides is 1. The van der Waals surface area contributed by atoms with Gasteiger partial charge in [0.05, 0.1) is 7.85 Å². The number of carbonyl (C=O) groups is 1. The predicted octanol–water partition coefficient (Wildman–Crippen LogP) is 2.85. The second-order valence-corrected chi connectivity index (χ2v) is 5.91. The molecule has 15 heavy (non-hydrogen) atoms. The largest absolute Gasteiger partial charge is 0.353 e. The number of amides is 1. The molecule has 0 saturated carbocycles. The molecule has 0 aliphatic rings. The Morgan fingerprint density at radius 2 is 2.07 bits per heavy atom. The number of halogens is 1. The van der Waals surface area contributed by atoms with Gasteiger partial charge in [-0.25, -0.2) is 0 Å². The van der Waals surface area contributed by atoms with E-state index in [1.807, 2.05) is 6.92 Å². The zero-order valence-corrected chi connectivity index (χ0v) is 12.1. The molecule has 0 rings (SSSR count). The summed E-state index contributed by atoms with van der Waals surface area (Å²) < 4.78 is 0.446. The van der Waals surface area contributed by atoms with Gasteiger partial charge in [0.15, 0.2) is 0 Å². The van der Waals surface area contributed by atoms with Crippen molar-refractivity contribution in [2.75, 3.05) is 0 Å². The molecule has 3 atom stereocenters. The van der Waals surface area contributed by atoms with Crippen LogP contribution in [0.3, 0.4) is 0 Å². The summed E-state index contributed by atoms with van der Waals surface area (Å²) >= 11 is 2.36. The van der Waals surface area contributed by atoms with Gasteiger partial charge < -0.3 is 5.32 Å². The van der Waals surface area contributed by atoms with Crippen molar-refractivity contribution in [1.82, 2.24) is 5.32 Å². The van der Waals surface area contributed by atoms with Gasteiger partial charge in [0.25, 0.3) is 0 Å².